The number of ether oxygens (including phenoxy) is 1. The third-order valence-corrected chi connectivity index (χ3v) is 3.35. The van der Waals surface area contributed by atoms with Crippen molar-refractivity contribution < 1.29 is 4.74 Å². The van der Waals surface area contributed by atoms with Gasteiger partial charge in [-0.1, -0.05) is 59.6 Å². The van der Waals surface area contributed by atoms with Crippen LogP contribution in [-0.2, 0) is 10.8 Å². The van der Waals surface area contributed by atoms with Crippen LogP contribution in [-0.4, -0.2) is 21.6 Å². The smallest absolute Gasteiger partial charge is 0.233 e. The molecule has 0 spiro atoms. The summed E-state index contributed by atoms with van der Waals surface area (Å²) >= 11 is 0. The lowest BCUT2D eigenvalue weighted by molar-refractivity contribution is 0.352. The predicted octanol–water partition coefficient (Wildman–Crippen LogP) is 4.72. The zero-order valence-corrected chi connectivity index (χ0v) is 16.4. The van der Waals surface area contributed by atoms with Gasteiger partial charge >= 0.3 is 0 Å². The van der Waals surface area contributed by atoms with E-state index in [9.17, 15) is 0 Å². The SMILES string of the molecule is C#CCOc1cnc(C(C)(C)C)cn1.[C-]#[N+]c1ccc(C(C)(C)C)nc1. The standard InChI is InChI=1S/C11H14N2O.C10H12N2/c1-5-6-14-10-8-12-9(7-13-10)11(2,3)4;1-10(2,3)9-6-5-8(11-4)7-12-9/h1,7-8H,6H2,2-4H3;5-7H,1-3H3. The van der Waals surface area contributed by atoms with Gasteiger partial charge in [-0.3, -0.25) is 9.97 Å². The largest absolute Gasteiger partial charge is 0.463 e. The van der Waals surface area contributed by atoms with Crippen LogP contribution >= 0.6 is 0 Å². The molecule has 0 aliphatic rings. The van der Waals surface area contributed by atoms with Crippen molar-refractivity contribution >= 4 is 5.69 Å². The summed E-state index contributed by atoms with van der Waals surface area (Å²) in [4.78, 5) is 15.8. The normalized spacial score (nSPS) is 10.8. The number of rotatable bonds is 2. The average molecular weight is 350 g/mol. The average Bonchev–Trinajstić information content (AvgIpc) is 2.59. The Balaban J connectivity index is 0.000000263. The Morgan fingerprint density at radius 2 is 1.58 bits per heavy atom. The van der Waals surface area contributed by atoms with E-state index in [1.807, 2.05) is 6.07 Å². The van der Waals surface area contributed by atoms with Gasteiger partial charge in [-0.05, 0) is 0 Å². The summed E-state index contributed by atoms with van der Waals surface area (Å²) in [5.41, 5.74) is 2.64. The molecule has 0 bridgehead atoms. The topological polar surface area (TPSA) is 52.3 Å². The van der Waals surface area contributed by atoms with E-state index in [0.717, 1.165) is 11.4 Å². The number of terminal acetylenes is 1. The monoisotopic (exact) mass is 350 g/mol. The van der Waals surface area contributed by atoms with Crippen molar-refractivity contribution in [2.45, 2.75) is 52.4 Å². The number of pyridine rings is 1. The van der Waals surface area contributed by atoms with E-state index in [-0.39, 0.29) is 17.4 Å². The van der Waals surface area contributed by atoms with Crippen LogP contribution < -0.4 is 4.74 Å². The van der Waals surface area contributed by atoms with Crippen molar-refractivity contribution in [1.82, 2.24) is 15.0 Å². The lowest BCUT2D eigenvalue weighted by Crippen LogP contribution is -2.13. The molecule has 0 saturated heterocycles. The van der Waals surface area contributed by atoms with Gasteiger partial charge in [0.25, 0.3) is 0 Å². The number of hydrogen-bond donors (Lipinski definition) is 0. The number of aromatic nitrogens is 3. The molecule has 2 aromatic rings. The molecule has 0 saturated carbocycles. The quantitative estimate of drug-likeness (QED) is 0.581. The molecule has 5 nitrogen and oxygen atoms in total. The van der Waals surface area contributed by atoms with Crippen molar-refractivity contribution in [3.8, 4) is 18.2 Å². The van der Waals surface area contributed by atoms with Gasteiger partial charge in [0.1, 0.15) is 0 Å². The van der Waals surface area contributed by atoms with E-state index in [0.29, 0.717) is 11.6 Å². The highest BCUT2D eigenvalue weighted by molar-refractivity contribution is 5.42. The summed E-state index contributed by atoms with van der Waals surface area (Å²) in [5, 5.41) is 0. The maximum absolute atomic E-state index is 6.76. The molecule has 0 fully saturated rings. The summed E-state index contributed by atoms with van der Waals surface area (Å²) in [5.74, 6) is 2.84. The third-order valence-electron chi connectivity index (χ3n) is 3.35. The van der Waals surface area contributed by atoms with Crippen LogP contribution in [0.2, 0.25) is 0 Å². The molecule has 0 atom stereocenters. The Bertz CT molecular complexity index is 768. The first kappa shape index (κ1) is 21.1. The summed E-state index contributed by atoms with van der Waals surface area (Å²) in [6.07, 6.45) is 9.98. The zero-order chi connectivity index (χ0) is 19.8. The van der Waals surface area contributed by atoms with Crippen LogP contribution in [0.3, 0.4) is 0 Å². The Morgan fingerprint density at radius 3 is 1.96 bits per heavy atom. The Hall–Kier alpha value is -2.92. The summed E-state index contributed by atoms with van der Waals surface area (Å²) in [7, 11) is 0. The molecule has 0 aliphatic carbocycles. The molecule has 0 radical (unpaired) electrons. The summed E-state index contributed by atoms with van der Waals surface area (Å²) < 4.78 is 5.11. The fourth-order valence-corrected chi connectivity index (χ4v) is 1.79. The van der Waals surface area contributed by atoms with Crippen molar-refractivity contribution in [2.24, 2.45) is 0 Å². The van der Waals surface area contributed by atoms with E-state index in [4.69, 9.17) is 17.7 Å². The molecule has 136 valence electrons. The van der Waals surface area contributed by atoms with Crippen molar-refractivity contribution in [2.75, 3.05) is 6.61 Å². The molecule has 5 heteroatoms. The van der Waals surface area contributed by atoms with Crippen LogP contribution in [0.4, 0.5) is 5.69 Å². The van der Waals surface area contributed by atoms with E-state index in [2.05, 4.69) is 67.3 Å². The summed E-state index contributed by atoms with van der Waals surface area (Å²) in [6.45, 7) is 19.5. The molecule has 0 N–H and O–H groups in total. The van der Waals surface area contributed by atoms with E-state index < -0.39 is 0 Å². The van der Waals surface area contributed by atoms with Gasteiger partial charge in [-0.2, -0.15) is 0 Å². The first-order chi connectivity index (χ1) is 12.1. The fraction of sp³-hybridized carbons (Fsp3) is 0.429. The molecule has 0 aromatic carbocycles. The number of nitrogens with zero attached hydrogens (tertiary/aromatic N) is 4. The molecule has 0 unspecified atom stereocenters. The molecule has 2 aromatic heterocycles. The lowest BCUT2D eigenvalue weighted by Gasteiger charge is -2.16. The minimum atomic E-state index is 0.0116. The molecule has 2 heterocycles. The second-order valence-corrected chi connectivity index (χ2v) is 7.75. The second kappa shape index (κ2) is 8.97. The van der Waals surface area contributed by atoms with Crippen LogP contribution in [0.15, 0.2) is 30.7 Å². The Morgan fingerprint density at radius 1 is 0.962 bits per heavy atom. The highest BCUT2D eigenvalue weighted by atomic mass is 16.5. The molecule has 2 rings (SSSR count). The van der Waals surface area contributed by atoms with Crippen LogP contribution in [0.1, 0.15) is 52.9 Å². The van der Waals surface area contributed by atoms with Gasteiger partial charge in [-0.15, -0.1) is 6.42 Å². The van der Waals surface area contributed by atoms with Crippen LogP contribution in [0, 0.1) is 18.9 Å². The minimum absolute atomic E-state index is 0.0116. The Kier molecular flexibility index (Phi) is 7.28. The van der Waals surface area contributed by atoms with Gasteiger partial charge in [-0.25, -0.2) is 9.83 Å². The zero-order valence-electron chi connectivity index (χ0n) is 16.4. The van der Waals surface area contributed by atoms with Crippen molar-refractivity contribution in [3.63, 3.8) is 0 Å². The number of hydrogen-bond acceptors (Lipinski definition) is 4. The van der Waals surface area contributed by atoms with Crippen LogP contribution in [0.25, 0.3) is 4.85 Å². The van der Waals surface area contributed by atoms with Gasteiger partial charge in [0.2, 0.25) is 11.6 Å². The van der Waals surface area contributed by atoms with Crippen molar-refractivity contribution in [3.05, 3.63) is 53.5 Å². The van der Waals surface area contributed by atoms with Gasteiger partial charge in [0.05, 0.1) is 24.7 Å². The molecule has 26 heavy (non-hydrogen) atoms. The Labute approximate surface area is 156 Å². The first-order valence-electron chi connectivity index (χ1n) is 8.30. The third kappa shape index (κ3) is 6.91. The van der Waals surface area contributed by atoms with Crippen LogP contribution in [0.5, 0.6) is 5.88 Å². The first-order valence-corrected chi connectivity index (χ1v) is 8.30. The molecular weight excluding hydrogens is 324 g/mol. The van der Waals surface area contributed by atoms with E-state index in [1.54, 1.807) is 24.7 Å². The highest BCUT2D eigenvalue weighted by Gasteiger charge is 2.15. The van der Waals surface area contributed by atoms with E-state index in [1.165, 1.54) is 0 Å². The van der Waals surface area contributed by atoms with Gasteiger partial charge < -0.3 is 4.74 Å². The lowest BCUT2D eigenvalue weighted by atomic mass is 9.92. The maximum atomic E-state index is 6.76. The molecule has 0 amide bonds. The minimum Gasteiger partial charge on any atom is -0.463 e. The molecular formula is C21H26N4O. The van der Waals surface area contributed by atoms with Gasteiger partial charge in [0, 0.05) is 22.7 Å². The highest BCUT2D eigenvalue weighted by Crippen LogP contribution is 2.21. The van der Waals surface area contributed by atoms with Gasteiger partial charge in [0.15, 0.2) is 6.61 Å². The fourth-order valence-electron chi connectivity index (χ4n) is 1.79. The van der Waals surface area contributed by atoms with Crippen molar-refractivity contribution in [1.29, 1.82) is 0 Å². The second-order valence-electron chi connectivity index (χ2n) is 7.75. The van der Waals surface area contributed by atoms with E-state index >= 15 is 0 Å². The predicted molar refractivity (Wildman–Crippen MR) is 104 cm³/mol. The summed E-state index contributed by atoms with van der Waals surface area (Å²) in [6, 6.07) is 3.72. The maximum Gasteiger partial charge on any atom is 0.233 e. The molecule has 0 aliphatic heterocycles.